The van der Waals surface area contributed by atoms with Crippen molar-refractivity contribution in [3.05, 3.63) is 105 Å². The first-order valence-corrected chi connectivity index (χ1v) is 9.54. The molecule has 0 spiro atoms. The van der Waals surface area contributed by atoms with Gasteiger partial charge in [0.1, 0.15) is 5.82 Å². The number of rotatable bonds is 4. The normalized spacial score (nSPS) is 10.9. The second kappa shape index (κ2) is 7.91. The van der Waals surface area contributed by atoms with Gasteiger partial charge in [-0.15, -0.1) is 0 Å². The third-order valence-electron chi connectivity index (χ3n) is 5.02. The van der Waals surface area contributed by atoms with Crippen LogP contribution in [-0.4, -0.2) is 15.5 Å². The van der Waals surface area contributed by atoms with Crippen LogP contribution in [0.1, 0.15) is 27.2 Å². The molecule has 1 N–H and O–H groups in total. The number of hydrogen-bond acceptors (Lipinski definition) is 3. The number of benzene rings is 2. The lowest BCUT2D eigenvalue weighted by Crippen LogP contribution is -2.22. The summed E-state index contributed by atoms with van der Waals surface area (Å²) in [5.41, 5.74) is 2.91. The molecule has 1 amide bonds. The summed E-state index contributed by atoms with van der Waals surface area (Å²) in [6.07, 6.45) is 1.71. The molecule has 0 unspecified atom stereocenters. The molecule has 4 aromatic rings. The van der Waals surface area contributed by atoms with E-state index in [1.54, 1.807) is 48.9 Å². The third-order valence-corrected chi connectivity index (χ3v) is 5.02. The number of nitrogens with one attached hydrogen (secondary N) is 1. The Bertz CT molecular complexity index is 1310. The minimum atomic E-state index is -0.442. The standard InChI is InChI=1S/C24H20FN3O2/c1-15-8-9-18(12-21(15)25)27-23(29)19-13-20-22(26-16(19)2)10-11-28(24(20)30)14-17-6-4-3-5-7-17/h3-13H,14H2,1-2H3,(H,27,29). The predicted molar refractivity (Wildman–Crippen MR) is 115 cm³/mol. The lowest BCUT2D eigenvalue weighted by atomic mass is 10.1. The predicted octanol–water partition coefficient (Wildman–Crippen LogP) is 4.45. The maximum absolute atomic E-state index is 13.8. The highest BCUT2D eigenvalue weighted by Gasteiger charge is 2.15. The lowest BCUT2D eigenvalue weighted by molar-refractivity contribution is 0.102. The summed E-state index contributed by atoms with van der Waals surface area (Å²) in [6.45, 7) is 3.78. The Morgan fingerprint density at radius 3 is 2.57 bits per heavy atom. The number of nitrogens with zero attached hydrogens (tertiary/aromatic N) is 2. The van der Waals surface area contributed by atoms with E-state index < -0.39 is 11.7 Å². The third kappa shape index (κ3) is 3.85. The Morgan fingerprint density at radius 2 is 1.83 bits per heavy atom. The number of hydrogen-bond donors (Lipinski definition) is 1. The molecule has 2 heterocycles. The van der Waals surface area contributed by atoms with Gasteiger partial charge in [-0.05, 0) is 49.2 Å². The van der Waals surface area contributed by atoms with E-state index in [0.29, 0.717) is 34.4 Å². The molecule has 150 valence electrons. The Kier molecular flexibility index (Phi) is 5.14. The van der Waals surface area contributed by atoms with Crippen LogP contribution in [0.3, 0.4) is 0 Å². The fraction of sp³-hybridized carbons (Fsp3) is 0.125. The molecule has 6 heteroatoms. The van der Waals surface area contributed by atoms with Gasteiger partial charge < -0.3 is 9.88 Å². The summed E-state index contributed by atoms with van der Waals surface area (Å²) in [4.78, 5) is 30.2. The number of fused-ring (bicyclic) bond motifs is 1. The fourth-order valence-corrected chi connectivity index (χ4v) is 3.31. The van der Waals surface area contributed by atoms with Crippen LogP contribution in [-0.2, 0) is 6.54 Å². The first-order chi connectivity index (χ1) is 14.4. The van der Waals surface area contributed by atoms with Gasteiger partial charge >= 0.3 is 0 Å². The second-order valence-electron chi connectivity index (χ2n) is 7.21. The van der Waals surface area contributed by atoms with Crippen molar-refractivity contribution in [1.29, 1.82) is 0 Å². The molecule has 0 radical (unpaired) electrons. The van der Waals surface area contributed by atoms with Gasteiger partial charge in [0, 0.05) is 11.9 Å². The summed E-state index contributed by atoms with van der Waals surface area (Å²) in [7, 11) is 0. The van der Waals surface area contributed by atoms with Crippen LogP contribution in [0.25, 0.3) is 10.9 Å². The van der Waals surface area contributed by atoms with E-state index in [1.165, 1.54) is 6.07 Å². The first kappa shape index (κ1) is 19.5. The number of pyridine rings is 2. The van der Waals surface area contributed by atoms with Crippen molar-refractivity contribution in [1.82, 2.24) is 9.55 Å². The molecule has 0 aliphatic heterocycles. The zero-order chi connectivity index (χ0) is 21.3. The van der Waals surface area contributed by atoms with Gasteiger partial charge in [-0.1, -0.05) is 36.4 Å². The molecule has 0 bridgehead atoms. The summed E-state index contributed by atoms with van der Waals surface area (Å²) < 4.78 is 15.4. The number of carbonyl (C=O) groups is 1. The van der Waals surface area contributed by atoms with Gasteiger partial charge in [-0.3, -0.25) is 14.6 Å². The second-order valence-corrected chi connectivity index (χ2v) is 7.21. The Morgan fingerprint density at radius 1 is 1.07 bits per heavy atom. The number of halogens is 1. The van der Waals surface area contributed by atoms with Crippen LogP contribution < -0.4 is 10.9 Å². The molecule has 0 saturated heterocycles. The van der Waals surface area contributed by atoms with E-state index in [0.717, 1.165) is 5.56 Å². The van der Waals surface area contributed by atoms with Crippen LogP contribution >= 0.6 is 0 Å². The molecule has 2 aromatic heterocycles. The molecule has 2 aromatic carbocycles. The molecule has 0 aliphatic carbocycles. The molecule has 0 fully saturated rings. The largest absolute Gasteiger partial charge is 0.322 e. The topological polar surface area (TPSA) is 64.0 Å². The average molecular weight is 401 g/mol. The minimum Gasteiger partial charge on any atom is -0.322 e. The zero-order valence-corrected chi connectivity index (χ0v) is 16.6. The average Bonchev–Trinajstić information content (AvgIpc) is 2.73. The highest BCUT2D eigenvalue weighted by Crippen LogP contribution is 2.18. The van der Waals surface area contributed by atoms with Crippen molar-refractivity contribution in [2.75, 3.05) is 5.32 Å². The van der Waals surface area contributed by atoms with Crippen molar-refractivity contribution in [3.8, 4) is 0 Å². The van der Waals surface area contributed by atoms with E-state index in [2.05, 4.69) is 10.3 Å². The molecular weight excluding hydrogens is 381 g/mol. The fourth-order valence-electron chi connectivity index (χ4n) is 3.31. The van der Waals surface area contributed by atoms with E-state index in [1.807, 2.05) is 30.3 Å². The van der Waals surface area contributed by atoms with Crippen molar-refractivity contribution in [3.63, 3.8) is 0 Å². The van der Waals surface area contributed by atoms with Crippen molar-refractivity contribution >= 4 is 22.5 Å². The van der Waals surface area contributed by atoms with Gasteiger partial charge in [0.2, 0.25) is 0 Å². The van der Waals surface area contributed by atoms with E-state index in [4.69, 9.17) is 0 Å². The monoisotopic (exact) mass is 401 g/mol. The lowest BCUT2D eigenvalue weighted by Gasteiger charge is -2.11. The molecule has 4 rings (SSSR count). The summed E-state index contributed by atoms with van der Waals surface area (Å²) in [6, 6.07) is 17.5. The van der Waals surface area contributed by atoms with Gasteiger partial charge in [0.15, 0.2) is 0 Å². The first-order valence-electron chi connectivity index (χ1n) is 9.54. The number of carbonyl (C=O) groups excluding carboxylic acids is 1. The number of aryl methyl sites for hydroxylation is 2. The Hall–Kier alpha value is -3.80. The van der Waals surface area contributed by atoms with Gasteiger partial charge in [0.05, 0.1) is 28.7 Å². The smallest absolute Gasteiger partial charge is 0.260 e. The van der Waals surface area contributed by atoms with E-state index >= 15 is 0 Å². The van der Waals surface area contributed by atoms with Crippen LogP contribution in [0.15, 0.2) is 71.7 Å². The zero-order valence-electron chi connectivity index (χ0n) is 16.6. The van der Waals surface area contributed by atoms with Crippen LogP contribution in [0.2, 0.25) is 0 Å². The van der Waals surface area contributed by atoms with Crippen molar-refractivity contribution in [2.45, 2.75) is 20.4 Å². The number of amides is 1. The Labute approximate surface area is 172 Å². The maximum Gasteiger partial charge on any atom is 0.260 e. The van der Waals surface area contributed by atoms with Gasteiger partial charge in [0.25, 0.3) is 11.5 Å². The van der Waals surface area contributed by atoms with Crippen LogP contribution in [0.4, 0.5) is 10.1 Å². The summed E-state index contributed by atoms with van der Waals surface area (Å²) in [5.74, 6) is -0.840. The molecule has 0 atom stereocenters. The van der Waals surface area contributed by atoms with Crippen molar-refractivity contribution < 1.29 is 9.18 Å². The highest BCUT2D eigenvalue weighted by atomic mass is 19.1. The molecule has 0 saturated carbocycles. The maximum atomic E-state index is 13.8. The molecule has 0 aliphatic rings. The highest BCUT2D eigenvalue weighted by molar-refractivity contribution is 6.06. The molecule has 5 nitrogen and oxygen atoms in total. The van der Waals surface area contributed by atoms with Crippen LogP contribution in [0, 0.1) is 19.7 Å². The minimum absolute atomic E-state index is 0.223. The quantitative estimate of drug-likeness (QED) is 0.549. The number of aromatic nitrogens is 2. The Balaban J connectivity index is 1.70. The molecular formula is C24H20FN3O2. The molecule has 30 heavy (non-hydrogen) atoms. The summed E-state index contributed by atoms with van der Waals surface area (Å²) >= 11 is 0. The SMILES string of the molecule is Cc1ccc(NC(=O)c2cc3c(=O)n(Cc4ccccc4)ccc3nc2C)cc1F. The van der Waals surface area contributed by atoms with Gasteiger partial charge in [-0.25, -0.2) is 4.39 Å². The summed E-state index contributed by atoms with van der Waals surface area (Å²) in [5, 5.41) is 3.04. The van der Waals surface area contributed by atoms with E-state index in [-0.39, 0.29) is 11.1 Å². The van der Waals surface area contributed by atoms with Crippen LogP contribution in [0.5, 0.6) is 0 Å². The van der Waals surface area contributed by atoms with E-state index in [9.17, 15) is 14.0 Å². The number of anilines is 1. The van der Waals surface area contributed by atoms with Gasteiger partial charge in [-0.2, -0.15) is 0 Å². The van der Waals surface area contributed by atoms with Crippen molar-refractivity contribution in [2.24, 2.45) is 0 Å².